The first-order valence-corrected chi connectivity index (χ1v) is 11.8. The zero-order valence-corrected chi connectivity index (χ0v) is 14.8. The second-order valence-corrected chi connectivity index (χ2v) is 14.4. The van der Waals surface area contributed by atoms with Gasteiger partial charge in [0.05, 0.1) is 6.61 Å². The van der Waals surface area contributed by atoms with Gasteiger partial charge in [0.15, 0.2) is 4.67 Å². The van der Waals surface area contributed by atoms with E-state index < -0.39 is 4.67 Å². The van der Waals surface area contributed by atoms with Gasteiger partial charge in [0.1, 0.15) is 11.6 Å². The predicted molar refractivity (Wildman–Crippen MR) is 94.9 cm³/mol. The Hall–Kier alpha value is -0.650. The molecule has 0 fully saturated rings. The molecule has 0 aromatic heterocycles. The molecule has 2 aromatic rings. The molecule has 0 heterocycles. The highest BCUT2D eigenvalue weighted by molar-refractivity contribution is 8.99. The Bertz CT molecular complexity index is 623. The monoisotopic (exact) mass is 374 g/mol. The fourth-order valence-corrected chi connectivity index (χ4v) is 9.62. The minimum Gasteiger partial charge on any atom is -0.329 e. The zero-order chi connectivity index (χ0) is 16.0. The third-order valence-electron chi connectivity index (χ3n) is 2.41. The fourth-order valence-electron chi connectivity index (χ4n) is 1.46. The van der Waals surface area contributed by atoms with Crippen LogP contribution in [0.25, 0.3) is 0 Å². The van der Waals surface area contributed by atoms with Crippen molar-refractivity contribution in [3.63, 3.8) is 0 Å². The lowest BCUT2D eigenvalue weighted by atomic mass is 10.4. The van der Waals surface area contributed by atoms with Crippen molar-refractivity contribution < 1.29 is 13.3 Å². The lowest BCUT2D eigenvalue weighted by Crippen LogP contribution is -1.85. The second-order valence-electron chi connectivity index (χ2n) is 4.12. The summed E-state index contributed by atoms with van der Waals surface area (Å²) in [6, 6.07) is 12.2. The third-order valence-corrected chi connectivity index (χ3v) is 10.5. The number of hydrogen-bond acceptors (Lipinski definition) is 4. The maximum Gasteiger partial charge on any atom is 0.184 e. The van der Waals surface area contributed by atoms with Gasteiger partial charge in [0.2, 0.25) is 0 Å². The molecular weight excluding hydrogens is 361 g/mol. The average Bonchev–Trinajstić information content (AvgIpc) is 2.50. The van der Waals surface area contributed by atoms with Crippen molar-refractivity contribution in [1.82, 2.24) is 0 Å². The summed E-state index contributed by atoms with van der Waals surface area (Å²) in [7, 11) is 0. The summed E-state index contributed by atoms with van der Waals surface area (Å²) in [6.45, 7) is 3.96. The molecule has 0 bridgehead atoms. The summed E-state index contributed by atoms with van der Waals surface area (Å²) in [5.41, 5.74) is 0. The standard InChI is InChI=1S/C15H13F2OPS3/c1-2-11-18-19(20,21-14-7-3-12(16)4-8-14)22-15-9-5-13(17)6-10-15/h2-10H,1,11H2. The molecule has 0 saturated heterocycles. The van der Waals surface area contributed by atoms with Crippen LogP contribution in [0.3, 0.4) is 0 Å². The molecule has 1 nitrogen and oxygen atoms in total. The van der Waals surface area contributed by atoms with E-state index in [2.05, 4.69) is 6.58 Å². The van der Waals surface area contributed by atoms with Crippen molar-refractivity contribution in [2.75, 3.05) is 6.61 Å². The van der Waals surface area contributed by atoms with Gasteiger partial charge in [-0.2, -0.15) is 0 Å². The van der Waals surface area contributed by atoms with Crippen LogP contribution in [0.15, 0.2) is 71.0 Å². The van der Waals surface area contributed by atoms with E-state index in [-0.39, 0.29) is 11.6 Å². The molecule has 0 atom stereocenters. The molecule has 0 aliphatic rings. The van der Waals surface area contributed by atoms with Crippen LogP contribution in [0.5, 0.6) is 0 Å². The van der Waals surface area contributed by atoms with Crippen LogP contribution in [0, 0.1) is 11.6 Å². The smallest absolute Gasteiger partial charge is 0.184 e. The van der Waals surface area contributed by atoms with Gasteiger partial charge < -0.3 is 4.52 Å². The van der Waals surface area contributed by atoms with E-state index in [4.69, 9.17) is 16.3 Å². The molecule has 0 radical (unpaired) electrons. The van der Waals surface area contributed by atoms with Crippen molar-refractivity contribution in [3.05, 3.63) is 72.8 Å². The highest BCUT2D eigenvalue weighted by Gasteiger charge is 2.21. The van der Waals surface area contributed by atoms with Crippen LogP contribution in [-0.4, -0.2) is 6.61 Å². The van der Waals surface area contributed by atoms with Crippen molar-refractivity contribution in [2.45, 2.75) is 9.79 Å². The molecule has 22 heavy (non-hydrogen) atoms. The van der Waals surface area contributed by atoms with Crippen LogP contribution in [0.2, 0.25) is 0 Å². The second kappa shape index (κ2) is 8.27. The molecule has 0 N–H and O–H groups in total. The van der Waals surface area contributed by atoms with Gasteiger partial charge in [-0.3, -0.25) is 0 Å². The van der Waals surface area contributed by atoms with Gasteiger partial charge in [-0.1, -0.05) is 28.8 Å². The maximum absolute atomic E-state index is 13.0. The first-order valence-electron chi connectivity index (χ1n) is 6.26. The average molecular weight is 374 g/mol. The van der Waals surface area contributed by atoms with Crippen molar-refractivity contribution in [1.29, 1.82) is 0 Å². The third kappa shape index (κ3) is 5.52. The summed E-state index contributed by atoms with van der Waals surface area (Å²) in [5.74, 6) is -0.591. The van der Waals surface area contributed by atoms with Gasteiger partial charge in [-0.05, 0) is 60.3 Å². The Morgan fingerprint density at radius 3 is 1.73 bits per heavy atom. The van der Waals surface area contributed by atoms with Crippen molar-refractivity contribution >= 4 is 39.2 Å². The molecule has 0 amide bonds. The minimum atomic E-state index is -2.36. The summed E-state index contributed by atoms with van der Waals surface area (Å²) >= 11 is 8.47. The Labute approximate surface area is 141 Å². The normalized spacial score (nSPS) is 11.4. The summed E-state index contributed by atoms with van der Waals surface area (Å²) in [6.07, 6.45) is 1.64. The maximum atomic E-state index is 13.0. The van der Waals surface area contributed by atoms with E-state index in [1.165, 1.54) is 47.0 Å². The predicted octanol–water partition coefficient (Wildman–Crippen LogP) is 6.28. The molecular formula is C15H13F2OPS3. The Balaban J connectivity index is 2.18. The van der Waals surface area contributed by atoms with E-state index in [1.807, 2.05) is 0 Å². The zero-order valence-electron chi connectivity index (χ0n) is 11.4. The molecule has 0 unspecified atom stereocenters. The van der Waals surface area contributed by atoms with Crippen LogP contribution in [0.4, 0.5) is 8.78 Å². The van der Waals surface area contributed by atoms with E-state index >= 15 is 0 Å². The van der Waals surface area contributed by atoms with Crippen molar-refractivity contribution in [2.24, 2.45) is 0 Å². The number of benzene rings is 2. The first kappa shape index (κ1) is 17.7. The first-order chi connectivity index (χ1) is 10.5. The minimum absolute atomic E-state index is 0.296. The Kier molecular flexibility index (Phi) is 6.66. The quantitative estimate of drug-likeness (QED) is 0.417. The number of halogens is 2. The molecule has 7 heteroatoms. The summed E-state index contributed by atoms with van der Waals surface area (Å²) in [5, 5.41) is 0. The van der Waals surface area contributed by atoms with E-state index in [0.29, 0.717) is 6.61 Å². The number of rotatable bonds is 7. The fraction of sp³-hybridized carbons (Fsp3) is 0.0667. The SMILES string of the molecule is C=CCOP(=S)(Sc1ccc(F)cc1)Sc1ccc(F)cc1. The summed E-state index contributed by atoms with van der Waals surface area (Å²) in [4.78, 5) is 1.67. The lowest BCUT2D eigenvalue weighted by Gasteiger charge is -2.20. The van der Waals surface area contributed by atoms with Crippen molar-refractivity contribution in [3.8, 4) is 0 Å². The van der Waals surface area contributed by atoms with Crippen LogP contribution in [-0.2, 0) is 16.3 Å². The Morgan fingerprint density at radius 2 is 1.36 bits per heavy atom. The van der Waals surface area contributed by atoms with Gasteiger partial charge in [-0.15, -0.1) is 6.58 Å². The number of hydrogen-bond donors (Lipinski definition) is 0. The molecule has 2 aromatic carbocycles. The highest BCUT2D eigenvalue weighted by atomic mass is 33.2. The van der Waals surface area contributed by atoms with Gasteiger partial charge in [-0.25, -0.2) is 8.78 Å². The topological polar surface area (TPSA) is 9.23 Å². The molecule has 116 valence electrons. The molecule has 0 aliphatic heterocycles. The van der Waals surface area contributed by atoms with E-state index in [9.17, 15) is 8.78 Å². The Morgan fingerprint density at radius 1 is 0.955 bits per heavy atom. The van der Waals surface area contributed by atoms with Gasteiger partial charge in [0, 0.05) is 9.79 Å². The highest BCUT2D eigenvalue weighted by Crippen LogP contribution is 2.74. The lowest BCUT2D eigenvalue weighted by molar-refractivity contribution is 0.420. The van der Waals surface area contributed by atoms with Gasteiger partial charge >= 0.3 is 0 Å². The molecule has 0 saturated carbocycles. The van der Waals surface area contributed by atoms with Crippen LogP contribution >= 0.6 is 27.4 Å². The van der Waals surface area contributed by atoms with Crippen LogP contribution < -0.4 is 0 Å². The largest absolute Gasteiger partial charge is 0.329 e. The molecule has 0 spiro atoms. The molecule has 2 rings (SSSR count). The van der Waals surface area contributed by atoms with E-state index in [1.54, 1.807) is 30.3 Å². The van der Waals surface area contributed by atoms with E-state index in [0.717, 1.165) is 9.79 Å². The van der Waals surface area contributed by atoms with Gasteiger partial charge in [0.25, 0.3) is 0 Å². The van der Waals surface area contributed by atoms with Crippen LogP contribution in [0.1, 0.15) is 0 Å². The molecule has 0 aliphatic carbocycles. The summed E-state index contributed by atoms with van der Waals surface area (Å²) < 4.78 is 29.4.